The van der Waals surface area contributed by atoms with Crippen molar-refractivity contribution in [3.05, 3.63) is 22.3 Å². The molecular formula is C13H18BrN3O. The molecule has 18 heavy (non-hydrogen) atoms. The number of aryl methyl sites for hydroxylation is 1. The molecule has 2 rings (SSSR count). The van der Waals surface area contributed by atoms with Crippen LogP contribution in [0.2, 0.25) is 0 Å². The Morgan fingerprint density at radius 3 is 2.78 bits per heavy atom. The highest BCUT2D eigenvalue weighted by atomic mass is 79.9. The summed E-state index contributed by atoms with van der Waals surface area (Å²) >= 11 is 3.39. The Morgan fingerprint density at radius 1 is 1.50 bits per heavy atom. The molecule has 0 saturated carbocycles. The molecule has 1 fully saturated rings. The second-order valence-electron chi connectivity index (χ2n) is 4.74. The van der Waals surface area contributed by atoms with Crippen LogP contribution in [0.25, 0.3) is 0 Å². The molecule has 98 valence electrons. The van der Waals surface area contributed by atoms with Crippen molar-refractivity contribution in [1.29, 1.82) is 0 Å². The third-order valence-corrected chi connectivity index (χ3v) is 3.64. The maximum Gasteiger partial charge on any atom is 0.242 e. The maximum absolute atomic E-state index is 12.1. The lowest BCUT2D eigenvalue weighted by Crippen LogP contribution is -2.37. The summed E-state index contributed by atoms with van der Waals surface area (Å²) in [7, 11) is 1.91. The van der Waals surface area contributed by atoms with Crippen LogP contribution < -0.4 is 4.90 Å². The van der Waals surface area contributed by atoms with Crippen molar-refractivity contribution in [2.24, 2.45) is 0 Å². The van der Waals surface area contributed by atoms with Gasteiger partial charge in [-0.25, -0.2) is 4.98 Å². The predicted molar refractivity (Wildman–Crippen MR) is 75.8 cm³/mol. The fourth-order valence-corrected chi connectivity index (χ4v) is 2.72. The average molecular weight is 312 g/mol. The second-order valence-corrected chi connectivity index (χ2v) is 5.65. The van der Waals surface area contributed by atoms with Crippen LogP contribution in [0.15, 0.2) is 16.7 Å². The monoisotopic (exact) mass is 311 g/mol. The topological polar surface area (TPSA) is 36.4 Å². The van der Waals surface area contributed by atoms with Crippen LogP contribution in [0.5, 0.6) is 0 Å². The third kappa shape index (κ3) is 3.02. The molecule has 1 amide bonds. The van der Waals surface area contributed by atoms with Crippen LogP contribution in [0.1, 0.15) is 18.4 Å². The molecule has 0 aliphatic carbocycles. The first kappa shape index (κ1) is 13.3. The second kappa shape index (κ2) is 5.69. The third-order valence-electron chi connectivity index (χ3n) is 3.21. The number of likely N-dealkylation sites (N-methyl/N-ethyl adjacent to an activating group) is 1. The van der Waals surface area contributed by atoms with E-state index < -0.39 is 0 Å². The van der Waals surface area contributed by atoms with Gasteiger partial charge in [0.25, 0.3) is 0 Å². The van der Waals surface area contributed by atoms with Gasteiger partial charge < -0.3 is 9.80 Å². The number of anilines is 1. The van der Waals surface area contributed by atoms with Crippen LogP contribution in [0.4, 0.5) is 5.82 Å². The van der Waals surface area contributed by atoms with Crippen LogP contribution in [-0.2, 0) is 4.79 Å². The van der Waals surface area contributed by atoms with Crippen LogP contribution >= 0.6 is 15.9 Å². The minimum atomic E-state index is 0.194. The largest absolute Gasteiger partial charge is 0.350 e. The number of aromatic nitrogens is 1. The number of amides is 1. The van der Waals surface area contributed by atoms with Gasteiger partial charge >= 0.3 is 0 Å². The molecular weight excluding hydrogens is 294 g/mol. The van der Waals surface area contributed by atoms with E-state index in [2.05, 4.69) is 20.9 Å². The highest BCUT2D eigenvalue weighted by Crippen LogP contribution is 2.20. The van der Waals surface area contributed by atoms with Gasteiger partial charge in [-0.2, -0.15) is 0 Å². The number of hydrogen-bond donors (Lipinski definition) is 0. The molecule has 0 aromatic carbocycles. The van der Waals surface area contributed by atoms with Gasteiger partial charge in [0.2, 0.25) is 5.91 Å². The summed E-state index contributed by atoms with van der Waals surface area (Å²) in [6.07, 6.45) is 4.02. The molecule has 0 bridgehead atoms. The SMILES string of the molecule is Cc1cc(Br)cnc1N(C)CC(=O)N1CCCC1. The van der Waals surface area contributed by atoms with Crippen molar-refractivity contribution in [3.63, 3.8) is 0 Å². The van der Waals surface area contributed by atoms with Crippen molar-refractivity contribution in [3.8, 4) is 0 Å². The summed E-state index contributed by atoms with van der Waals surface area (Å²) in [4.78, 5) is 20.3. The number of halogens is 1. The van der Waals surface area contributed by atoms with E-state index in [0.29, 0.717) is 6.54 Å². The van der Waals surface area contributed by atoms with E-state index in [1.54, 1.807) is 6.20 Å². The Balaban J connectivity index is 2.02. The fourth-order valence-electron chi connectivity index (χ4n) is 2.28. The van der Waals surface area contributed by atoms with Gasteiger partial charge in [0, 0.05) is 30.8 Å². The predicted octanol–water partition coefficient (Wildman–Crippen LogP) is 2.21. The first-order valence-electron chi connectivity index (χ1n) is 6.19. The van der Waals surface area contributed by atoms with Crippen LogP contribution in [0, 0.1) is 6.92 Å². The van der Waals surface area contributed by atoms with E-state index in [1.165, 1.54) is 0 Å². The molecule has 1 aliphatic heterocycles. The molecule has 0 N–H and O–H groups in total. The molecule has 5 heteroatoms. The van der Waals surface area contributed by atoms with Crippen LogP contribution in [0.3, 0.4) is 0 Å². The summed E-state index contributed by atoms with van der Waals surface area (Å²) in [6, 6.07) is 2.01. The number of likely N-dealkylation sites (tertiary alicyclic amines) is 1. The fraction of sp³-hybridized carbons (Fsp3) is 0.538. The van der Waals surface area contributed by atoms with Crippen molar-refractivity contribution >= 4 is 27.7 Å². The molecule has 0 spiro atoms. The molecule has 0 unspecified atom stereocenters. The number of hydrogen-bond acceptors (Lipinski definition) is 3. The van der Waals surface area contributed by atoms with Gasteiger partial charge in [-0.3, -0.25) is 4.79 Å². The summed E-state index contributed by atoms with van der Waals surface area (Å²) in [5.41, 5.74) is 1.07. The van der Waals surface area contributed by atoms with E-state index in [-0.39, 0.29) is 5.91 Å². The van der Waals surface area contributed by atoms with Crippen molar-refractivity contribution in [2.75, 3.05) is 31.6 Å². The lowest BCUT2D eigenvalue weighted by atomic mass is 10.2. The zero-order valence-electron chi connectivity index (χ0n) is 10.8. The molecule has 2 heterocycles. The number of rotatable bonds is 3. The number of carbonyl (C=O) groups is 1. The van der Waals surface area contributed by atoms with Crippen molar-refractivity contribution in [1.82, 2.24) is 9.88 Å². The van der Waals surface area contributed by atoms with Crippen molar-refractivity contribution in [2.45, 2.75) is 19.8 Å². The molecule has 1 saturated heterocycles. The molecule has 1 aliphatic rings. The van der Waals surface area contributed by atoms with Gasteiger partial charge in [0.15, 0.2) is 0 Å². The molecule has 0 radical (unpaired) electrons. The molecule has 1 aromatic heterocycles. The first-order valence-corrected chi connectivity index (χ1v) is 6.98. The summed E-state index contributed by atoms with van der Waals surface area (Å²) in [5.74, 6) is 1.06. The van der Waals surface area contributed by atoms with E-state index in [9.17, 15) is 4.79 Å². The Morgan fingerprint density at radius 2 is 2.17 bits per heavy atom. The minimum Gasteiger partial charge on any atom is -0.350 e. The van der Waals surface area contributed by atoms with Gasteiger partial charge in [-0.15, -0.1) is 0 Å². The Hall–Kier alpha value is -1.10. The highest BCUT2D eigenvalue weighted by Gasteiger charge is 2.20. The minimum absolute atomic E-state index is 0.194. The van der Waals surface area contributed by atoms with Gasteiger partial charge in [0.1, 0.15) is 5.82 Å². The lowest BCUT2D eigenvalue weighted by Gasteiger charge is -2.23. The van der Waals surface area contributed by atoms with E-state index in [1.807, 2.05) is 29.8 Å². The van der Waals surface area contributed by atoms with Gasteiger partial charge in [-0.1, -0.05) is 0 Å². The Labute approximate surface area is 116 Å². The quantitative estimate of drug-likeness (QED) is 0.858. The Bertz CT molecular complexity index is 444. The zero-order valence-corrected chi connectivity index (χ0v) is 12.4. The summed E-state index contributed by atoms with van der Waals surface area (Å²) in [6.45, 7) is 4.21. The smallest absolute Gasteiger partial charge is 0.242 e. The van der Waals surface area contributed by atoms with E-state index in [4.69, 9.17) is 0 Å². The molecule has 4 nitrogen and oxygen atoms in total. The average Bonchev–Trinajstić information content (AvgIpc) is 2.81. The number of nitrogens with zero attached hydrogens (tertiary/aromatic N) is 3. The van der Waals surface area contributed by atoms with Gasteiger partial charge in [-0.05, 0) is 47.3 Å². The van der Waals surface area contributed by atoms with E-state index in [0.717, 1.165) is 41.8 Å². The summed E-state index contributed by atoms with van der Waals surface area (Å²) < 4.78 is 0.961. The molecule has 1 aromatic rings. The number of pyridine rings is 1. The first-order chi connectivity index (χ1) is 8.58. The standard InChI is InChI=1S/C13H18BrN3O/c1-10-7-11(14)8-15-13(10)16(2)9-12(18)17-5-3-4-6-17/h7-8H,3-6,9H2,1-2H3. The lowest BCUT2D eigenvalue weighted by molar-refractivity contribution is -0.128. The van der Waals surface area contributed by atoms with E-state index >= 15 is 0 Å². The molecule has 0 atom stereocenters. The Kier molecular flexibility index (Phi) is 4.22. The van der Waals surface area contributed by atoms with Crippen molar-refractivity contribution < 1.29 is 4.79 Å². The maximum atomic E-state index is 12.1. The highest BCUT2D eigenvalue weighted by molar-refractivity contribution is 9.10. The zero-order chi connectivity index (χ0) is 13.1. The normalized spacial score (nSPS) is 14.9. The van der Waals surface area contributed by atoms with Gasteiger partial charge in [0.05, 0.1) is 6.54 Å². The summed E-state index contributed by atoms with van der Waals surface area (Å²) in [5, 5.41) is 0. The van der Waals surface area contributed by atoms with Crippen LogP contribution in [-0.4, -0.2) is 42.5 Å². The number of carbonyl (C=O) groups excluding carboxylic acids is 1.